The molecule has 24 heavy (non-hydrogen) atoms. The number of hydrogen-bond donors (Lipinski definition) is 1. The van der Waals surface area contributed by atoms with Crippen LogP contribution in [0.4, 0.5) is 0 Å². The van der Waals surface area contributed by atoms with E-state index >= 15 is 0 Å². The van der Waals surface area contributed by atoms with E-state index in [9.17, 15) is 0 Å². The van der Waals surface area contributed by atoms with Crippen LogP contribution < -0.4 is 5.32 Å². The standard InChI is InChI=1S/C23H31N/c1-6-7-10-16-15(3)24-21-13-18-17-11-8-9-14(2)22(17)23(4,5)20(18)12-19(16)21/h6-8,10-12,14-17,21-22,24H,1,9,13H2,2-5H3/b10-7-. The molecule has 1 aliphatic heterocycles. The van der Waals surface area contributed by atoms with Crippen LogP contribution in [0.1, 0.15) is 40.5 Å². The largest absolute Gasteiger partial charge is 0.307 e. The maximum Gasteiger partial charge on any atom is 0.0329 e. The number of fused-ring (bicyclic) bond motifs is 3. The van der Waals surface area contributed by atoms with Gasteiger partial charge in [-0.05, 0) is 48.2 Å². The maximum absolute atomic E-state index is 3.85. The molecule has 0 bridgehead atoms. The van der Waals surface area contributed by atoms with Crippen molar-refractivity contribution in [2.24, 2.45) is 29.1 Å². The first-order chi connectivity index (χ1) is 11.4. The number of nitrogens with one attached hydrogen (secondary N) is 1. The first-order valence-corrected chi connectivity index (χ1v) is 9.62. The summed E-state index contributed by atoms with van der Waals surface area (Å²) in [6, 6.07) is 1.04. The Bertz CT molecular complexity index is 672. The minimum absolute atomic E-state index is 0.292. The van der Waals surface area contributed by atoms with Crippen molar-refractivity contribution in [1.29, 1.82) is 0 Å². The fraction of sp³-hybridized carbons (Fsp3) is 0.565. The van der Waals surface area contributed by atoms with E-state index in [4.69, 9.17) is 0 Å². The summed E-state index contributed by atoms with van der Waals surface area (Å²) in [5.74, 6) is 2.72. The van der Waals surface area contributed by atoms with Crippen molar-refractivity contribution in [3.05, 3.63) is 59.8 Å². The highest BCUT2D eigenvalue weighted by Gasteiger charge is 2.52. The van der Waals surface area contributed by atoms with Gasteiger partial charge in [0.2, 0.25) is 0 Å². The summed E-state index contributed by atoms with van der Waals surface area (Å²) in [6.07, 6.45) is 16.3. The van der Waals surface area contributed by atoms with Crippen LogP contribution in [0.2, 0.25) is 0 Å². The normalized spacial score (nSPS) is 42.8. The van der Waals surface area contributed by atoms with Crippen molar-refractivity contribution in [2.45, 2.75) is 52.6 Å². The lowest BCUT2D eigenvalue weighted by atomic mass is 9.65. The molecule has 3 aliphatic carbocycles. The summed E-state index contributed by atoms with van der Waals surface area (Å²) in [6.45, 7) is 13.6. The third-order valence-corrected chi connectivity index (χ3v) is 7.11. The van der Waals surface area contributed by atoms with Crippen molar-refractivity contribution in [3.8, 4) is 0 Å². The Morgan fingerprint density at radius 2 is 2.08 bits per heavy atom. The van der Waals surface area contributed by atoms with Crippen LogP contribution in [0.15, 0.2) is 59.8 Å². The zero-order valence-electron chi connectivity index (χ0n) is 15.5. The van der Waals surface area contributed by atoms with Crippen LogP contribution in [0.5, 0.6) is 0 Å². The lowest BCUT2D eigenvalue weighted by Crippen LogP contribution is -2.32. The molecule has 0 radical (unpaired) electrons. The summed E-state index contributed by atoms with van der Waals surface area (Å²) in [5, 5.41) is 3.85. The molecule has 6 unspecified atom stereocenters. The zero-order chi connectivity index (χ0) is 17.1. The number of rotatable bonds is 2. The van der Waals surface area contributed by atoms with Gasteiger partial charge in [0.15, 0.2) is 0 Å². The van der Waals surface area contributed by atoms with Gasteiger partial charge in [0.25, 0.3) is 0 Å². The summed E-state index contributed by atoms with van der Waals surface area (Å²) in [7, 11) is 0. The lowest BCUT2D eigenvalue weighted by Gasteiger charge is -2.38. The first kappa shape index (κ1) is 16.1. The van der Waals surface area contributed by atoms with E-state index in [1.165, 1.54) is 12.8 Å². The summed E-state index contributed by atoms with van der Waals surface area (Å²) in [5.41, 5.74) is 5.26. The molecular formula is C23H31N. The summed E-state index contributed by atoms with van der Waals surface area (Å²) in [4.78, 5) is 0. The molecule has 0 spiro atoms. The van der Waals surface area contributed by atoms with Gasteiger partial charge in [-0.2, -0.15) is 0 Å². The van der Waals surface area contributed by atoms with Gasteiger partial charge < -0.3 is 5.32 Å². The van der Waals surface area contributed by atoms with Crippen molar-refractivity contribution < 1.29 is 0 Å². The van der Waals surface area contributed by atoms with Crippen LogP contribution in [0.25, 0.3) is 0 Å². The molecule has 128 valence electrons. The van der Waals surface area contributed by atoms with Crippen LogP contribution in [0, 0.1) is 29.1 Å². The third kappa shape index (κ3) is 2.17. The van der Waals surface area contributed by atoms with Crippen molar-refractivity contribution in [3.63, 3.8) is 0 Å². The molecular weight excluding hydrogens is 290 g/mol. The molecule has 0 aromatic rings. The van der Waals surface area contributed by atoms with Gasteiger partial charge in [-0.3, -0.25) is 0 Å². The molecule has 1 saturated heterocycles. The Balaban J connectivity index is 1.76. The zero-order valence-corrected chi connectivity index (χ0v) is 15.5. The fourth-order valence-electron chi connectivity index (χ4n) is 6.13. The average molecular weight is 322 g/mol. The van der Waals surface area contributed by atoms with Crippen molar-refractivity contribution >= 4 is 0 Å². The molecule has 4 aliphatic rings. The summed E-state index contributed by atoms with van der Waals surface area (Å²) >= 11 is 0. The second kappa shape index (κ2) is 5.59. The quantitative estimate of drug-likeness (QED) is 0.544. The smallest absolute Gasteiger partial charge is 0.0329 e. The fourth-order valence-corrected chi connectivity index (χ4v) is 6.13. The average Bonchev–Trinajstić information content (AvgIpc) is 2.96. The lowest BCUT2D eigenvalue weighted by molar-refractivity contribution is 0.172. The molecule has 1 nitrogen and oxygen atoms in total. The molecule has 0 aromatic carbocycles. The van der Waals surface area contributed by atoms with E-state index in [2.05, 4.69) is 70.0 Å². The molecule has 6 atom stereocenters. The van der Waals surface area contributed by atoms with Gasteiger partial charge >= 0.3 is 0 Å². The number of allylic oxidation sites excluding steroid dienone is 6. The minimum Gasteiger partial charge on any atom is -0.307 e. The van der Waals surface area contributed by atoms with Gasteiger partial charge in [-0.1, -0.05) is 69.4 Å². The van der Waals surface area contributed by atoms with E-state index in [1.54, 1.807) is 16.7 Å². The highest BCUT2D eigenvalue weighted by Crippen LogP contribution is 2.59. The first-order valence-electron chi connectivity index (χ1n) is 9.62. The summed E-state index contributed by atoms with van der Waals surface area (Å²) < 4.78 is 0. The SMILES string of the molecule is C=C/C=C\C1C2=CC3=C(CC2NC1C)C1C=CCC(C)C1C3(C)C. The Hall–Kier alpha value is -1.34. The van der Waals surface area contributed by atoms with E-state index in [0.717, 1.165) is 11.8 Å². The van der Waals surface area contributed by atoms with E-state index in [0.29, 0.717) is 29.3 Å². The Morgan fingerprint density at radius 3 is 2.83 bits per heavy atom. The molecule has 1 fully saturated rings. The second-order valence-electron chi connectivity index (χ2n) is 8.86. The Morgan fingerprint density at radius 1 is 1.29 bits per heavy atom. The Labute approximate surface area is 147 Å². The van der Waals surface area contributed by atoms with Gasteiger partial charge in [-0.25, -0.2) is 0 Å². The van der Waals surface area contributed by atoms with Crippen LogP contribution in [-0.4, -0.2) is 12.1 Å². The predicted octanol–water partition coefficient (Wildman–Crippen LogP) is 5.20. The van der Waals surface area contributed by atoms with Gasteiger partial charge in [0.1, 0.15) is 0 Å². The van der Waals surface area contributed by atoms with Crippen LogP contribution in [0.3, 0.4) is 0 Å². The van der Waals surface area contributed by atoms with Crippen LogP contribution >= 0.6 is 0 Å². The molecule has 1 N–H and O–H groups in total. The highest BCUT2D eigenvalue weighted by atomic mass is 15.0. The minimum atomic E-state index is 0.292. The Kier molecular flexibility index (Phi) is 3.76. The van der Waals surface area contributed by atoms with Crippen LogP contribution in [-0.2, 0) is 0 Å². The predicted molar refractivity (Wildman–Crippen MR) is 103 cm³/mol. The molecule has 4 rings (SSSR count). The molecule has 0 aromatic heterocycles. The van der Waals surface area contributed by atoms with Crippen molar-refractivity contribution in [1.82, 2.24) is 5.32 Å². The van der Waals surface area contributed by atoms with E-state index in [1.807, 2.05) is 6.08 Å². The van der Waals surface area contributed by atoms with Gasteiger partial charge in [0, 0.05) is 23.9 Å². The molecule has 0 amide bonds. The molecule has 1 heterocycles. The maximum atomic E-state index is 3.85. The van der Waals surface area contributed by atoms with E-state index in [-0.39, 0.29) is 0 Å². The second-order valence-corrected chi connectivity index (χ2v) is 8.86. The topological polar surface area (TPSA) is 12.0 Å². The monoisotopic (exact) mass is 321 g/mol. The molecule has 1 heteroatoms. The van der Waals surface area contributed by atoms with Gasteiger partial charge in [-0.15, -0.1) is 0 Å². The highest BCUT2D eigenvalue weighted by molar-refractivity contribution is 5.51. The van der Waals surface area contributed by atoms with Crippen molar-refractivity contribution in [2.75, 3.05) is 0 Å². The van der Waals surface area contributed by atoms with E-state index < -0.39 is 0 Å². The third-order valence-electron chi connectivity index (χ3n) is 7.11. The van der Waals surface area contributed by atoms with Gasteiger partial charge in [0.05, 0.1) is 0 Å². The number of hydrogen-bond acceptors (Lipinski definition) is 1. The molecule has 0 saturated carbocycles.